The summed E-state index contributed by atoms with van der Waals surface area (Å²) in [5, 5.41) is 5.70. The van der Waals surface area contributed by atoms with Gasteiger partial charge < -0.3 is 19.7 Å². The summed E-state index contributed by atoms with van der Waals surface area (Å²) in [5.41, 5.74) is 5.18. The second-order valence-electron chi connectivity index (χ2n) is 14.6. The highest BCUT2D eigenvalue weighted by atomic mass is 32.1. The Bertz CT molecular complexity index is 2260. The standard InChI is InChI=1S/C42H41N5O8S/c1-24-37(28-10-13-33-27(22-28)16-17-46(33)39(51)26-8-9-26)45-42(56-24)44-36(49)21-25-6-5-7-29(20-25)54-18-3-2-4-19-55-30-11-12-31-32(23-30)41(53)47(40(31)52)34-14-15-35(48)43-38(34)50/h5-7,10-13,20,22-23,26,34H,2-4,8-9,14-19,21H2,1H3,(H,43,48,50)(H,44,45,49). The number of nitrogens with one attached hydrogen (secondary N) is 2. The number of amides is 6. The highest BCUT2D eigenvalue weighted by molar-refractivity contribution is 7.16. The van der Waals surface area contributed by atoms with E-state index in [4.69, 9.17) is 14.5 Å². The van der Waals surface area contributed by atoms with E-state index in [-0.39, 0.29) is 48.1 Å². The highest BCUT2D eigenvalue weighted by Gasteiger charge is 2.44. The summed E-state index contributed by atoms with van der Waals surface area (Å²) < 4.78 is 11.8. The number of hydrogen-bond acceptors (Lipinski definition) is 10. The number of nitrogens with zero attached hydrogens (tertiary/aromatic N) is 3. The van der Waals surface area contributed by atoms with Gasteiger partial charge in [-0.1, -0.05) is 18.2 Å². The van der Waals surface area contributed by atoms with E-state index in [0.717, 1.165) is 82.9 Å². The first kappa shape index (κ1) is 37.1. The van der Waals surface area contributed by atoms with Gasteiger partial charge in [-0.2, -0.15) is 0 Å². The van der Waals surface area contributed by atoms with Gasteiger partial charge in [0.25, 0.3) is 11.8 Å². The minimum atomic E-state index is -1.01. The quantitative estimate of drug-likeness (QED) is 0.122. The zero-order chi connectivity index (χ0) is 38.9. The molecule has 2 fully saturated rings. The molecule has 2 N–H and O–H groups in total. The number of fused-ring (bicyclic) bond motifs is 2. The van der Waals surface area contributed by atoms with E-state index in [2.05, 4.69) is 16.7 Å². The Labute approximate surface area is 327 Å². The molecule has 56 heavy (non-hydrogen) atoms. The number of unbranched alkanes of at least 4 members (excludes halogenated alkanes) is 2. The van der Waals surface area contributed by atoms with Crippen LogP contribution in [0.5, 0.6) is 11.5 Å². The number of hydrogen-bond donors (Lipinski definition) is 2. The van der Waals surface area contributed by atoms with Gasteiger partial charge in [0.2, 0.25) is 23.6 Å². The average molecular weight is 776 g/mol. The minimum Gasteiger partial charge on any atom is -0.494 e. The van der Waals surface area contributed by atoms with E-state index in [9.17, 15) is 28.8 Å². The lowest BCUT2D eigenvalue weighted by Gasteiger charge is -2.27. The molecule has 288 valence electrons. The number of benzene rings is 3. The van der Waals surface area contributed by atoms with Gasteiger partial charge in [-0.3, -0.25) is 39.0 Å². The smallest absolute Gasteiger partial charge is 0.262 e. The molecule has 1 saturated heterocycles. The van der Waals surface area contributed by atoms with Gasteiger partial charge in [0.1, 0.15) is 17.5 Å². The van der Waals surface area contributed by atoms with Crippen molar-refractivity contribution < 1.29 is 38.2 Å². The largest absolute Gasteiger partial charge is 0.494 e. The van der Waals surface area contributed by atoms with Crippen LogP contribution in [0.25, 0.3) is 11.3 Å². The molecule has 6 amide bonds. The fraction of sp³-hybridized carbons (Fsp3) is 0.357. The molecular weight excluding hydrogens is 735 g/mol. The molecule has 0 radical (unpaired) electrons. The zero-order valence-electron chi connectivity index (χ0n) is 30.9. The molecule has 1 saturated carbocycles. The summed E-state index contributed by atoms with van der Waals surface area (Å²) in [6.45, 7) is 3.60. The Morgan fingerprint density at radius 3 is 2.41 bits per heavy atom. The van der Waals surface area contributed by atoms with E-state index in [1.165, 1.54) is 23.5 Å². The van der Waals surface area contributed by atoms with Crippen molar-refractivity contribution in [3.05, 3.63) is 87.8 Å². The van der Waals surface area contributed by atoms with E-state index < -0.39 is 29.7 Å². The van der Waals surface area contributed by atoms with Gasteiger partial charge in [-0.05, 0) is 105 Å². The molecule has 3 aromatic carbocycles. The first-order chi connectivity index (χ1) is 27.1. The molecule has 0 spiro atoms. The van der Waals surface area contributed by atoms with Crippen molar-refractivity contribution in [2.45, 2.75) is 70.8 Å². The number of thiazole rings is 1. The predicted octanol–water partition coefficient (Wildman–Crippen LogP) is 5.63. The Morgan fingerprint density at radius 1 is 0.875 bits per heavy atom. The van der Waals surface area contributed by atoms with Crippen LogP contribution in [0.4, 0.5) is 10.8 Å². The summed E-state index contributed by atoms with van der Waals surface area (Å²) in [6.07, 6.45) is 5.49. The first-order valence-corrected chi connectivity index (χ1v) is 19.9. The van der Waals surface area contributed by atoms with Crippen LogP contribution >= 0.6 is 11.3 Å². The molecule has 4 heterocycles. The molecule has 14 heteroatoms. The molecule has 13 nitrogen and oxygen atoms in total. The normalized spacial score (nSPS) is 17.5. The molecule has 3 aliphatic heterocycles. The number of anilines is 2. The number of aryl methyl sites for hydroxylation is 1. The molecule has 1 unspecified atom stereocenters. The van der Waals surface area contributed by atoms with Crippen molar-refractivity contribution in [2.24, 2.45) is 5.92 Å². The van der Waals surface area contributed by atoms with Crippen molar-refractivity contribution in [1.29, 1.82) is 0 Å². The molecule has 0 bridgehead atoms. The van der Waals surface area contributed by atoms with E-state index in [1.807, 2.05) is 48.2 Å². The van der Waals surface area contributed by atoms with Crippen LogP contribution < -0.4 is 25.0 Å². The number of piperidine rings is 1. The Balaban J connectivity index is 0.762. The average Bonchev–Trinajstić information content (AvgIpc) is 3.78. The summed E-state index contributed by atoms with van der Waals surface area (Å²) in [6, 6.07) is 17.3. The molecule has 4 aliphatic rings. The predicted molar refractivity (Wildman–Crippen MR) is 208 cm³/mol. The van der Waals surface area contributed by atoms with Crippen molar-refractivity contribution in [2.75, 3.05) is 30.0 Å². The van der Waals surface area contributed by atoms with E-state index >= 15 is 0 Å². The lowest BCUT2D eigenvalue weighted by atomic mass is 10.0. The first-order valence-electron chi connectivity index (χ1n) is 19.0. The fourth-order valence-electron chi connectivity index (χ4n) is 7.44. The van der Waals surface area contributed by atoms with Crippen molar-refractivity contribution >= 4 is 57.6 Å². The van der Waals surface area contributed by atoms with Crippen LogP contribution in [0, 0.1) is 12.8 Å². The fourth-order valence-corrected chi connectivity index (χ4v) is 8.29. The Hall–Kier alpha value is -5.89. The maximum absolute atomic E-state index is 13.1. The second-order valence-corrected chi connectivity index (χ2v) is 15.8. The number of aromatic nitrogens is 1. The third kappa shape index (κ3) is 7.79. The summed E-state index contributed by atoms with van der Waals surface area (Å²) in [5.74, 6) is -0.803. The topological polar surface area (TPSA) is 164 Å². The van der Waals surface area contributed by atoms with Gasteiger partial charge in [-0.15, -0.1) is 11.3 Å². The SMILES string of the molecule is Cc1sc(NC(=O)Cc2cccc(OCCCCCOc3ccc4c(c3)C(=O)N(C3CCC(=O)NC3=O)C4=O)c2)nc1-c1ccc2c(c1)CCN2C(=O)C1CC1. The summed E-state index contributed by atoms with van der Waals surface area (Å²) in [7, 11) is 0. The third-order valence-corrected chi connectivity index (χ3v) is 11.4. The number of rotatable bonds is 14. The second kappa shape index (κ2) is 15.7. The Kier molecular flexibility index (Phi) is 10.4. The third-order valence-electron chi connectivity index (χ3n) is 10.5. The van der Waals surface area contributed by atoms with E-state index in [0.29, 0.717) is 29.8 Å². The maximum Gasteiger partial charge on any atom is 0.262 e. The molecule has 1 aliphatic carbocycles. The van der Waals surface area contributed by atoms with Gasteiger partial charge in [0.05, 0.1) is 36.5 Å². The number of ether oxygens (including phenoxy) is 2. The zero-order valence-corrected chi connectivity index (χ0v) is 31.7. The molecule has 1 atom stereocenters. The van der Waals surface area contributed by atoms with Crippen LogP contribution in [-0.2, 0) is 32.0 Å². The molecule has 1 aromatic heterocycles. The van der Waals surface area contributed by atoms with Crippen LogP contribution in [0.1, 0.15) is 81.7 Å². The van der Waals surface area contributed by atoms with E-state index in [1.54, 1.807) is 6.07 Å². The van der Waals surface area contributed by atoms with Crippen LogP contribution in [0.3, 0.4) is 0 Å². The van der Waals surface area contributed by atoms with Crippen LogP contribution in [0.15, 0.2) is 60.7 Å². The molecule has 8 rings (SSSR count). The molecular formula is C42H41N5O8S. The number of carbonyl (C=O) groups excluding carboxylic acids is 6. The monoisotopic (exact) mass is 775 g/mol. The van der Waals surface area contributed by atoms with Gasteiger partial charge in [-0.25, -0.2) is 4.98 Å². The van der Waals surface area contributed by atoms with Gasteiger partial charge in [0, 0.05) is 35.0 Å². The lowest BCUT2D eigenvalue weighted by Crippen LogP contribution is -2.54. The highest BCUT2D eigenvalue weighted by Crippen LogP contribution is 2.39. The van der Waals surface area contributed by atoms with Crippen molar-refractivity contribution in [3.63, 3.8) is 0 Å². The van der Waals surface area contributed by atoms with Crippen LogP contribution in [0.2, 0.25) is 0 Å². The Morgan fingerprint density at radius 2 is 1.64 bits per heavy atom. The maximum atomic E-state index is 13.1. The van der Waals surface area contributed by atoms with Crippen molar-refractivity contribution in [1.82, 2.24) is 15.2 Å². The minimum absolute atomic E-state index is 0.0633. The summed E-state index contributed by atoms with van der Waals surface area (Å²) >= 11 is 1.44. The van der Waals surface area contributed by atoms with Crippen LogP contribution in [-0.4, -0.2) is 71.1 Å². The number of imide groups is 2. The van der Waals surface area contributed by atoms with Crippen molar-refractivity contribution in [3.8, 4) is 22.8 Å². The van der Waals surface area contributed by atoms with Gasteiger partial charge in [0.15, 0.2) is 5.13 Å². The number of carbonyl (C=O) groups is 6. The molecule has 4 aromatic rings. The summed E-state index contributed by atoms with van der Waals surface area (Å²) in [4.78, 5) is 84.1. The lowest BCUT2D eigenvalue weighted by molar-refractivity contribution is -0.136. The van der Waals surface area contributed by atoms with Gasteiger partial charge >= 0.3 is 0 Å².